The highest BCUT2D eigenvalue weighted by atomic mass is 16.6. The van der Waals surface area contributed by atoms with Gasteiger partial charge in [-0.25, -0.2) is 4.79 Å². The molecule has 1 unspecified atom stereocenters. The predicted molar refractivity (Wildman–Crippen MR) is 72.6 cm³/mol. The van der Waals surface area contributed by atoms with Crippen LogP contribution in [0.5, 0.6) is 0 Å². The molecular formula is C13H22N4O3. The van der Waals surface area contributed by atoms with E-state index in [1.54, 1.807) is 20.8 Å². The highest BCUT2D eigenvalue weighted by molar-refractivity contribution is 5.84. The average molecular weight is 282 g/mol. The fraction of sp³-hybridized carbons (Fsp3) is 0.769. The van der Waals surface area contributed by atoms with Gasteiger partial charge in [0.15, 0.2) is 0 Å². The SMILES string of the molecule is CC(C)(C)OC(=O)N1CCN(CCC#N)CC1C(N)=O. The molecular weight excluding hydrogens is 260 g/mol. The third kappa shape index (κ3) is 4.70. The summed E-state index contributed by atoms with van der Waals surface area (Å²) in [5, 5.41) is 8.59. The van der Waals surface area contributed by atoms with Gasteiger partial charge in [-0.05, 0) is 20.8 Å². The zero-order valence-corrected chi connectivity index (χ0v) is 12.3. The molecule has 1 heterocycles. The molecule has 1 aliphatic heterocycles. The first-order valence-corrected chi connectivity index (χ1v) is 6.63. The molecule has 2 amide bonds. The number of ether oxygens (including phenoxy) is 1. The first-order valence-electron chi connectivity index (χ1n) is 6.63. The molecule has 0 radical (unpaired) electrons. The van der Waals surface area contributed by atoms with Crippen molar-refractivity contribution in [3.63, 3.8) is 0 Å². The monoisotopic (exact) mass is 282 g/mol. The summed E-state index contributed by atoms with van der Waals surface area (Å²) in [6.07, 6.45) is -0.140. The van der Waals surface area contributed by atoms with Crippen LogP contribution in [0.15, 0.2) is 0 Å². The number of nitrogens with zero attached hydrogens (tertiary/aromatic N) is 3. The van der Waals surface area contributed by atoms with Crippen LogP contribution >= 0.6 is 0 Å². The Morgan fingerprint density at radius 2 is 2.05 bits per heavy atom. The van der Waals surface area contributed by atoms with E-state index in [1.165, 1.54) is 4.90 Å². The van der Waals surface area contributed by atoms with E-state index < -0.39 is 23.6 Å². The number of primary amides is 1. The van der Waals surface area contributed by atoms with Crippen LogP contribution in [-0.2, 0) is 9.53 Å². The summed E-state index contributed by atoms with van der Waals surface area (Å²) in [5.41, 5.74) is 4.76. The van der Waals surface area contributed by atoms with Crippen molar-refractivity contribution >= 4 is 12.0 Å². The highest BCUT2D eigenvalue weighted by Gasteiger charge is 2.36. The molecule has 0 aliphatic carbocycles. The van der Waals surface area contributed by atoms with Gasteiger partial charge in [0.1, 0.15) is 11.6 Å². The van der Waals surface area contributed by atoms with Gasteiger partial charge in [0.2, 0.25) is 5.91 Å². The summed E-state index contributed by atoms with van der Waals surface area (Å²) in [4.78, 5) is 26.9. The van der Waals surface area contributed by atoms with Gasteiger partial charge in [-0.1, -0.05) is 0 Å². The normalized spacial score (nSPS) is 20.3. The molecule has 1 aliphatic rings. The molecule has 0 saturated carbocycles. The standard InChI is InChI=1S/C13H22N4O3/c1-13(2,3)20-12(19)17-8-7-16(6-4-5-14)9-10(17)11(15)18/h10H,4,6-9H2,1-3H3,(H2,15,18). The van der Waals surface area contributed by atoms with Crippen molar-refractivity contribution in [1.82, 2.24) is 9.80 Å². The predicted octanol–water partition coefficient (Wildman–Crippen LogP) is 0.307. The van der Waals surface area contributed by atoms with Gasteiger partial charge >= 0.3 is 6.09 Å². The Hall–Kier alpha value is -1.81. The first-order chi connectivity index (χ1) is 9.24. The molecule has 1 fully saturated rings. The zero-order chi connectivity index (χ0) is 15.3. The van der Waals surface area contributed by atoms with Crippen LogP contribution in [0.1, 0.15) is 27.2 Å². The van der Waals surface area contributed by atoms with E-state index in [4.69, 9.17) is 15.7 Å². The topological polar surface area (TPSA) is 99.7 Å². The largest absolute Gasteiger partial charge is 0.444 e. The lowest BCUT2D eigenvalue weighted by atomic mass is 10.1. The van der Waals surface area contributed by atoms with Crippen LogP contribution in [-0.4, -0.2) is 59.6 Å². The Balaban J connectivity index is 2.70. The molecule has 0 bridgehead atoms. The van der Waals surface area contributed by atoms with Crippen molar-refractivity contribution in [2.45, 2.75) is 38.8 Å². The van der Waals surface area contributed by atoms with Crippen molar-refractivity contribution in [1.29, 1.82) is 5.26 Å². The molecule has 0 aromatic heterocycles. The summed E-state index contributed by atoms with van der Waals surface area (Å²) < 4.78 is 5.28. The van der Waals surface area contributed by atoms with Gasteiger partial charge in [0.05, 0.1) is 6.07 Å². The zero-order valence-electron chi connectivity index (χ0n) is 12.3. The third-order valence-electron chi connectivity index (χ3n) is 2.96. The van der Waals surface area contributed by atoms with E-state index in [9.17, 15) is 9.59 Å². The van der Waals surface area contributed by atoms with Crippen molar-refractivity contribution in [3.8, 4) is 6.07 Å². The van der Waals surface area contributed by atoms with Crippen molar-refractivity contribution in [2.75, 3.05) is 26.2 Å². The number of nitrogens with two attached hydrogens (primary N) is 1. The number of hydrogen-bond donors (Lipinski definition) is 1. The van der Waals surface area contributed by atoms with E-state index in [-0.39, 0.29) is 0 Å². The maximum absolute atomic E-state index is 12.1. The van der Waals surface area contributed by atoms with E-state index in [0.29, 0.717) is 32.6 Å². The van der Waals surface area contributed by atoms with Crippen molar-refractivity contribution in [2.24, 2.45) is 5.73 Å². The highest BCUT2D eigenvalue weighted by Crippen LogP contribution is 2.16. The molecule has 0 aromatic rings. The van der Waals surface area contributed by atoms with Gasteiger partial charge in [-0.3, -0.25) is 14.6 Å². The van der Waals surface area contributed by atoms with Crippen LogP contribution in [0.4, 0.5) is 4.79 Å². The number of carbonyl (C=O) groups is 2. The number of rotatable bonds is 3. The fourth-order valence-corrected chi connectivity index (χ4v) is 2.03. The van der Waals surface area contributed by atoms with Gasteiger partial charge in [0, 0.05) is 32.6 Å². The van der Waals surface area contributed by atoms with E-state index in [2.05, 4.69) is 6.07 Å². The molecule has 0 spiro atoms. The number of carbonyl (C=O) groups excluding carboxylic acids is 2. The molecule has 1 saturated heterocycles. The lowest BCUT2D eigenvalue weighted by Crippen LogP contribution is -2.60. The van der Waals surface area contributed by atoms with Gasteiger partial charge in [-0.2, -0.15) is 5.26 Å². The third-order valence-corrected chi connectivity index (χ3v) is 2.96. The van der Waals surface area contributed by atoms with Crippen LogP contribution in [0, 0.1) is 11.3 Å². The van der Waals surface area contributed by atoms with Crippen LogP contribution in [0.3, 0.4) is 0 Å². The molecule has 7 nitrogen and oxygen atoms in total. The maximum Gasteiger partial charge on any atom is 0.411 e. The van der Waals surface area contributed by atoms with Crippen LogP contribution in [0.2, 0.25) is 0 Å². The summed E-state index contributed by atoms with van der Waals surface area (Å²) >= 11 is 0. The summed E-state index contributed by atoms with van der Waals surface area (Å²) in [6.45, 7) is 7.20. The van der Waals surface area contributed by atoms with E-state index in [0.717, 1.165) is 0 Å². The number of nitriles is 1. The second kappa shape index (κ2) is 6.57. The second-order valence-corrected chi connectivity index (χ2v) is 5.80. The molecule has 112 valence electrons. The molecule has 1 atom stereocenters. The Kier molecular flexibility index (Phi) is 5.34. The maximum atomic E-state index is 12.1. The number of hydrogen-bond acceptors (Lipinski definition) is 5. The number of piperazine rings is 1. The Labute approximate surface area is 119 Å². The minimum Gasteiger partial charge on any atom is -0.444 e. The van der Waals surface area contributed by atoms with Crippen LogP contribution < -0.4 is 5.73 Å². The van der Waals surface area contributed by atoms with Gasteiger partial charge < -0.3 is 10.5 Å². The molecule has 7 heteroatoms. The van der Waals surface area contributed by atoms with E-state index in [1.807, 2.05) is 4.90 Å². The van der Waals surface area contributed by atoms with E-state index >= 15 is 0 Å². The van der Waals surface area contributed by atoms with Crippen molar-refractivity contribution in [3.05, 3.63) is 0 Å². The minimum absolute atomic E-state index is 0.344. The summed E-state index contributed by atoms with van der Waals surface area (Å²) in [7, 11) is 0. The smallest absolute Gasteiger partial charge is 0.411 e. The van der Waals surface area contributed by atoms with Gasteiger partial charge in [0.25, 0.3) is 0 Å². The molecule has 1 rings (SSSR count). The lowest BCUT2D eigenvalue weighted by molar-refractivity contribution is -0.125. The molecule has 20 heavy (non-hydrogen) atoms. The van der Waals surface area contributed by atoms with Crippen LogP contribution in [0.25, 0.3) is 0 Å². The fourth-order valence-electron chi connectivity index (χ4n) is 2.03. The minimum atomic E-state index is -0.711. The lowest BCUT2D eigenvalue weighted by Gasteiger charge is -2.39. The Bertz CT molecular complexity index is 411. The number of amides is 2. The average Bonchev–Trinajstić information content (AvgIpc) is 2.33. The Morgan fingerprint density at radius 3 is 2.55 bits per heavy atom. The van der Waals surface area contributed by atoms with Gasteiger partial charge in [-0.15, -0.1) is 0 Å². The molecule has 0 aromatic carbocycles. The first kappa shape index (κ1) is 16.2. The Morgan fingerprint density at radius 1 is 1.40 bits per heavy atom. The molecule has 2 N–H and O–H groups in total. The quantitative estimate of drug-likeness (QED) is 0.803. The summed E-state index contributed by atoms with van der Waals surface area (Å²) in [6, 6.07) is 1.35. The van der Waals surface area contributed by atoms with Crippen molar-refractivity contribution < 1.29 is 14.3 Å². The summed E-state index contributed by atoms with van der Waals surface area (Å²) in [5.74, 6) is -0.558. The second-order valence-electron chi connectivity index (χ2n) is 5.80.